The van der Waals surface area contributed by atoms with Gasteiger partial charge in [-0.1, -0.05) is 42.5 Å². The maximum atomic E-state index is 10.4. The van der Waals surface area contributed by atoms with Gasteiger partial charge in [-0.15, -0.1) is 0 Å². The first-order valence-electron chi connectivity index (χ1n) is 12.2. The molecule has 1 aliphatic heterocycles. The van der Waals surface area contributed by atoms with Gasteiger partial charge in [0.05, 0.1) is 5.71 Å². The third-order valence-corrected chi connectivity index (χ3v) is 6.44. The number of nitrogens with one attached hydrogen (secondary N) is 2. The Morgan fingerprint density at radius 2 is 1.85 bits per heavy atom. The fourth-order valence-corrected chi connectivity index (χ4v) is 4.25. The highest BCUT2D eigenvalue weighted by molar-refractivity contribution is 6.11. The Labute approximate surface area is 204 Å². The highest BCUT2D eigenvalue weighted by Gasteiger charge is 2.19. The zero-order chi connectivity index (χ0) is 24.3. The summed E-state index contributed by atoms with van der Waals surface area (Å²) in [4.78, 5) is 7.33. The fraction of sp³-hybridized carbons (Fsp3) is 0.379. The van der Waals surface area contributed by atoms with Gasteiger partial charge in [0.1, 0.15) is 5.75 Å². The summed E-state index contributed by atoms with van der Waals surface area (Å²) in [5, 5.41) is 21.5. The smallest absolute Gasteiger partial charge is 0.124 e. The summed E-state index contributed by atoms with van der Waals surface area (Å²) in [5.74, 6) is 0.812. The fourth-order valence-electron chi connectivity index (χ4n) is 4.25. The van der Waals surface area contributed by atoms with E-state index >= 15 is 0 Å². The molecule has 180 valence electrons. The number of piperidine rings is 1. The van der Waals surface area contributed by atoms with E-state index in [9.17, 15) is 5.11 Å². The molecule has 5 nitrogen and oxygen atoms in total. The van der Waals surface area contributed by atoms with E-state index in [0.717, 1.165) is 43.0 Å². The Kier molecular flexibility index (Phi) is 9.65. The molecule has 0 spiro atoms. The molecule has 1 unspecified atom stereocenters. The van der Waals surface area contributed by atoms with Gasteiger partial charge in [-0.3, -0.25) is 4.99 Å². The topological polar surface area (TPSA) is 71.7 Å². The second-order valence-electron chi connectivity index (χ2n) is 9.18. The van der Waals surface area contributed by atoms with E-state index in [1.54, 1.807) is 6.07 Å². The Morgan fingerprint density at radius 3 is 2.59 bits per heavy atom. The van der Waals surface area contributed by atoms with Gasteiger partial charge in [0.2, 0.25) is 0 Å². The molecule has 1 saturated heterocycles. The molecule has 0 aliphatic carbocycles. The third kappa shape index (κ3) is 7.70. The minimum Gasteiger partial charge on any atom is -0.507 e. The Morgan fingerprint density at radius 1 is 1.12 bits per heavy atom. The first kappa shape index (κ1) is 25.4. The second-order valence-corrected chi connectivity index (χ2v) is 9.18. The van der Waals surface area contributed by atoms with Crippen LogP contribution in [0.1, 0.15) is 44.7 Å². The molecule has 0 amide bonds. The summed E-state index contributed by atoms with van der Waals surface area (Å²) >= 11 is 0. The number of allylic oxidation sites excluding steroid dienone is 4. The van der Waals surface area contributed by atoms with Crippen molar-refractivity contribution in [3.63, 3.8) is 0 Å². The van der Waals surface area contributed by atoms with Gasteiger partial charge < -0.3 is 20.7 Å². The standard InChI is InChI=1S/C29H38N4O/c1-22(19-30)24(3)32-28(27-13-7-8-14-29(27)34)18-23(2)31-20-26-12-9-16-33(21-26)17-15-25-10-5-4-6-11-25/h4-8,10-11,13-14,18-19,26,30-31,34H,9,12,15-17,20-21H2,1-3H3/b23-18+,24-22+,30-19?,32-28+. The number of rotatable bonds is 10. The number of phenols is 1. The molecule has 2 aromatic rings. The van der Waals surface area contributed by atoms with Crippen LogP contribution in [-0.2, 0) is 6.42 Å². The van der Waals surface area contributed by atoms with Crippen LogP contribution >= 0.6 is 0 Å². The maximum Gasteiger partial charge on any atom is 0.124 e. The van der Waals surface area contributed by atoms with Crippen LogP contribution in [0, 0.1) is 11.3 Å². The van der Waals surface area contributed by atoms with Crippen molar-refractivity contribution in [3.05, 3.63) is 88.8 Å². The average Bonchev–Trinajstić information content (AvgIpc) is 2.86. The summed E-state index contributed by atoms with van der Waals surface area (Å²) in [6.07, 6.45) is 6.88. The molecule has 34 heavy (non-hydrogen) atoms. The van der Waals surface area contributed by atoms with Crippen molar-refractivity contribution in [3.8, 4) is 5.75 Å². The van der Waals surface area contributed by atoms with Crippen LogP contribution in [0.15, 0.2) is 82.6 Å². The van der Waals surface area contributed by atoms with Crippen LogP contribution in [0.2, 0.25) is 0 Å². The number of nitrogens with zero attached hydrogens (tertiary/aromatic N) is 2. The van der Waals surface area contributed by atoms with E-state index in [1.165, 1.54) is 31.2 Å². The van der Waals surface area contributed by atoms with E-state index in [4.69, 9.17) is 10.4 Å². The van der Waals surface area contributed by atoms with E-state index in [2.05, 4.69) is 40.5 Å². The predicted octanol–water partition coefficient (Wildman–Crippen LogP) is 5.57. The molecule has 1 atom stereocenters. The molecule has 1 heterocycles. The lowest BCUT2D eigenvalue weighted by molar-refractivity contribution is 0.176. The summed E-state index contributed by atoms with van der Waals surface area (Å²) < 4.78 is 0. The van der Waals surface area contributed by atoms with Crippen LogP contribution in [0.5, 0.6) is 5.75 Å². The van der Waals surface area contributed by atoms with E-state index in [0.29, 0.717) is 17.2 Å². The number of para-hydroxylation sites is 1. The van der Waals surface area contributed by atoms with Crippen molar-refractivity contribution in [2.45, 2.75) is 40.0 Å². The van der Waals surface area contributed by atoms with E-state index in [-0.39, 0.29) is 5.75 Å². The first-order valence-corrected chi connectivity index (χ1v) is 12.2. The van der Waals surface area contributed by atoms with Crippen LogP contribution in [0.25, 0.3) is 0 Å². The molecular weight excluding hydrogens is 420 g/mol. The summed E-state index contributed by atoms with van der Waals surface area (Å²) in [6.45, 7) is 10.1. The zero-order valence-electron chi connectivity index (χ0n) is 20.7. The molecule has 5 heteroatoms. The number of benzene rings is 2. The predicted molar refractivity (Wildman–Crippen MR) is 143 cm³/mol. The Hall–Kier alpha value is -3.18. The minimum atomic E-state index is 0.201. The van der Waals surface area contributed by atoms with Crippen LogP contribution in [-0.4, -0.2) is 48.1 Å². The number of hydrogen-bond acceptors (Lipinski definition) is 5. The van der Waals surface area contributed by atoms with Gasteiger partial charge >= 0.3 is 0 Å². The van der Waals surface area contributed by atoms with Gasteiger partial charge in [-0.05, 0) is 81.8 Å². The molecule has 3 rings (SSSR count). The van der Waals surface area contributed by atoms with Crippen molar-refractivity contribution < 1.29 is 5.11 Å². The number of hydrogen-bond donors (Lipinski definition) is 3. The van der Waals surface area contributed by atoms with Gasteiger partial charge in [0.15, 0.2) is 0 Å². The lowest BCUT2D eigenvalue weighted by atomic mass is 9.97. The Bertz CT molecular complexity index is 1040. The molecule has 1 fully saturated rings. The monoisotopic (exact) mass is 458 g/mol. The van der Waals surface area contributed by atoms with Crippen LogP contribution in [0.3, 0.4) is 0 Å². The quantitative estimate of drug-likeness (QED) is 0.408. The van der Waals surface area contributed by atoms with Crippen LogP contribution in [0.4, 0.5) is 0 Å². The van der Waals surface area contributed by atoms with E-state index < -0.39 is 0 Å². The van der Waals surface area contributed by atoms with Crippen LogP contribution < -0.4 is 5.32 Å². The van der Waals surface area contributed by atoms with Crippen molar-refractivity contribution in [1.82, 2.24) is 10.2 Å². The number of phenolic OH excluding ortho intramolecular Hbond substituents is 1. The van der Waals surface area contributed by atoms with Crippen molar-refractivity contribution >= 4 is 11.9 Å². The SMILES string of the molecule is C\C(=C/C(=N\C(C)=C(/C)C=N)c1ccccc1O)NCC1CCCN(CCc2ccccc2)C1. The molecule has 0 aromatic heterocycles. The van der Waals surface area contributed by atoms with Crippen molar-refractivity contribution in [2.24, 2.45) is 10.9 Å². The lowest BCUT2D eigenvalue weighted by Crippen LogP contribution is -2.40. The average molecular weight is 459 g/mol. The second kappa shape index (κ2) is 12.9. The highest BCUT2D eigenvalue weighted by Crippen LogP contribution is 2.20. The molecule has 0 radical (unpaired) electrons. The van der Waals surface area contributed by atoms with Gasteiger partial charge in [0, 0.05) is 42.8 Å². The van der Waals surface area contributed by atoms with Gasteiger partial charge in [-0.25, -0.2) is 0 Å². The number of aromatic hydroxyl groups is 1. The zero-order valence-corrected chi connectivity index (χ0v) is 20.7. The first-order chi connectivity index (χ1) is 16.5. The Balaban J connectivity index is 1.63. The third-order valence-electron chi connectivity index (χ3n) is 6.44. The molecule has 0 saturated carbocycles. The number of aliphatic imine (C=N–C) groups is 1. The minimum absolute atomic E-state index is 0.201. The maximum absolute atomic E-state index is 10.4. The van der Waals surface area contributed by atoms with Gasteiger partial charge in [0.25, 0.3) is 0 Å². The largest absolute Gasteiger partial charge is 0.507 e. The van der Waals surface area contributed by atoms with Crippen molar-refractivity contribution in [2.75, 3.05) is 26.2 Å². The summed E-state index contributed by atoms with van der Waals surface area (Å²) in [5.41, 5.74) is 5.35. The molecule has 3 N–H and O–H groups in total. The van der Waals surface area contributed by atoms with Crippen molar-refractivity contribution in [1.29, 1.82) is 5.41 Å². The normalized spacial score (nSPS) is 18.4. The summed E-state index contributed by atoms with van der Waals surface area (Å²) in [7, 11) is 0. The summed E-state index contributed by atoms with van der Waals surface area (Å²) in [6, 6.07) is 18.0. The molecule has 0 bridgehead atoms. The highest BCUT2D eigenvalue weighted by atomic mass is 16.3. The molecule has 1 aliphatic rings. The molecule has 2 aromatic carbocycles. The number of likely N-dealkylation sites (tertiary alicyclic amines) is 1. The van der Waals surface area contributed by atoms with Gasteiger partial charge in [-0.2, -0.15) is 0 Å². The molecular formula is C29H38N4O. The van der Waals surface area contributed by atoms with E-state index in [1.807, 2.05) is 45.0 Å². The lowest BCUT2D eigenvalue weighted by Gasteiger charge is -2.33.